The van der Waals surface area contributed by atoms with E-state index in [2.05, 4.69) is 5.32 Å². The normalized spacial score (nSPS) is 21.7. The summed E-state index contributed by atoms with van der Waals surface area (Å²) in [7, 11) is -4.12. The lowest BCUT2D eigenvalue weighted by Gasteiger charge is -2.46. The molecule has 2 heterocycles. The van der Waals surface area contributed by atoms with Gasteiger partial charge in [-0.3, -0.25) is 0 Å². The molecule has 0 radical (unpaired) electrons. The second-order valence-electron chi connectivity index (χ2n) is 7.91. The Balaban J connectivity index is 1.48. The van der Waals surface area contributed by atoms with Crippen LogP contribution in [0.25, 0.3) is 0 Å². The zero-order valence-corrected chi connectivity index (χ0v) is 20.7. The third kappa shape index (κ3) is 5.28. The Hall–Kier alpha value is -1.66. The monoisotopic (exact) mass is 553 g/mol. The quantitative estimate of drug-likeness (QED) is 0.550. The van der Waals surface area contributed by atoms with Gasteiger partial charge >= 0.3 is 12.2 Å². The van der Waals surface area contributed by atoms with Gasteiger partial charge in [0, 0.05) is 42.4 Å². The molecule has 13 heteroatoms. The minimum absolute atomic E-state index is 0.0941. The van der Waals surface area contributed by atoms with Crippen LogP contribution in [0.2, 0.25) is 10.0 Å². The number of carbonyl (C=O) groups excluding carboxylic acids is 1. The summed E-state index contributed by atoms with van der Waals surface area (Å²) in [4.78, 5) is 14.2. The predicted molar refractivity (Wildman–Crippen MR) is 127 cm³/mol. The Morgan fingerprint density at radius 3 is 2.56 bits per heavy atom. The number of piperidine rings is 1. The van der Waals surface area contributed by atoms with Crippen LogP contribution in [0.4, 0.5) is 23.7 Å². The predicted octanol–water partition coefficient (Wildman–Crippen LogP) is 5.42. The molecule has 0 spiro atoms. The van der Waals surface area contributed by atoms with E-state index in [1.165, 1.54) is 10.4 Å². The molecule has 2 aromatic carbocycles. The van der Waals surface area contributed by atoms with Crippen LogP contribution in [0.15, 0.2) is 47.4 Å². The summed E-state index contributed by atoms with van der Waals surface area (Å²) in [6, 6.07) is 7.96. The Bertz CT molecular complexity index is 1200. The summed E-state index contributed by atoms with van der Waals surface area (Å²) in [5.74, 6) is 0.605. The number of hydrogen-bond donors (Lipinski definition) is 1. The van der Waals surface area contributed by atoms with Crippen molar-refractivity contribution in [3.63, 3.8) is 0 Å². The van der Waals surface area contributed by atoms with E-state index in [0.717, 1.165) is 12.1 Å². The number of halogens is 5. The highest BCUT2D eigenvalue weighted by atomic mass is 35.5. The standard InChI is InChI=1S/C21H20Cl2F3N3O3S2/c22-16-5-4-14(11-17(16)23)27-20(30)29-8-9-33-19-12-28(7-6-18(19)29)34(31,32)15-3-1-2-13(10-15)21(24,25)26/h1-5,10-11,18-19H,6-9,12H2,(H,27,30). The van der Waals surface area contributed by atoms with Crippen LogP contribution in [-0.2, 0) is 16.2 Å². The highest BCUT2D eigenvalue weighted by Crippen LogP contribution is 2.35. The van der Waals surface area contributed by atoms with Crippen LogP contribution < -0.4 is 5.32 Å². The molecule has 2 fully saturated rings. The number of sulfonamides is 1. The Morgan fingerprint density at radius 2 is 1.85 bits per heavy atom. The van der Waals surface area contributed by atoms with Crippen molar-refractivity contribution < 1.29 is 26.4 Å². The number of benzene rings is 2. The molecule has 6 nitrogen and oxygen atoms in total. The van der Waals surface area contributed by atoms with E-state index in [-0.39, 0.29) is 30.4 Å². The van der Waals surface area contributed by atoms with Gasteiger partial charge in [0.1, 0.15) is 0 Å². The van der Waals surface area contributed by atoms with Crippen LogP contribution in [0, 0.1) is 0 Å². The fraction of sp³-hybridized carbons (Fsp3) is 0.381. The molecule has 4 rings (SSSR count). The van der Waals surface area contributed by atoms with Gasteiger partial charge in [0.25, 0.3) is 0 Å². The molecule has 0 saturated carbocycles. The van der Waals surface area contributed by atoms with Gasteiger partial charge in [0.15, 0.2) is 0 Å². The van der Waals surface area contributed by atoms with Crippen molar-refractivity contribution in [3.05, 3.63) is 58.1 Å². The summed E-state index contributed by atoms with van der Waals surface area (Å²) in [6.07, 6.45) is -4.27. The molecule has 2 saturated heterocycles. The van der Waals surface area contributed by atoms with Crippen LogP contribution in [0.3, 0.4) is 0 Å². The SMILES string of the molecule is O=C(Nc1ccc(Cl)c(Cl)c1)N1CCSC2CN(S(=O)(=O)c3cccc(C(F)(F)F)c3)CCC21. The molecule has 2 aliphatic rings. The molecule has 0 aliphatic carbocycles. The van der Waals surface area contributed by atoms with Crippen LogP contribution in [0.5, 0.6) is 0 Å². The number of nitrogens with one attached hydrogen (secondary N) is 1. The summed E-state index contributed by atoms with van der Waals surface area (Å²) in [5, 5.41) is 3.26. The summed E-state index contributed by atoms with van der Waals surface area (Å²) in [6.45, 7) is 0.681. The van der Waals surface area contributed by atoms with E-state index in [1.807, 2.05) is 0 Å². The smallest absolute Gasteiger partial charge is 0.320 e. The Kier molecular flexibility index (Phi) is 7.31. The fourth-order valence-corrected chi connectivity index (χ4v) is 7.40. The van der Waals surface area contributed by atoms with Gasteiger partial charge in [-0.1, -0.05) is 29.3 Å². The maximum atomic E-state index is 13.1. The maximum Gasteiger partial charge on any atom is 0.416 e. The zero-order chi connectivity index (χ0) is 24.7. The highest BCUT2D eigenvalue weighted by molar-refractivity contribution is 8.00. The fourth-order valence-electron chi connectivity index (χ4n) is 4.09. The lowest BCUT2D eigenvalue weighted by atomic mass is 10.0. The van der Waals surface area contributed by atoms with E-state index in [0.29, 0.717) is 40.5 Å². The van der Waals surface area contributed by atoms with E-state index < -0.39 is 26.7 Å². The summed E-state index contributed by atoms with van der Waals surface area (Å²) >= 11 is 13.5. The van der Waals surface area contributed by atoms with Crippen LogP contribution in [-0.4, -0.2) is 60.3 Å². The number of amides is 2. The molecule has 0 bridgehead atoms. The van der Waals surface area contributed by atoms with E-state index in [9.17, 15) is 26.4 Å². The molecule has 2 atom stereocenters. The van der Waals surface area contributed by atoms with Crippen molar-refractivity contribution in [1.29, 1.82) is 0 Å². The third-order valence-electron chi connectivity index (χ3n) is 5.78. The Labute approximate surface area is 209 Å². The van der Waals surface area contributed by atoms with E-state index >= 15 is 0 Å². The molecule has 1 N–H and O–H groups in total. The number of nitrogens with zero attached hydrogens (tertiary/aromatic N) is 2. The number of carbonyl (C=O) groups is 1. The molecule has 2 aliphatic heterocycles. The first-order valence-corrected chi connectivity index (χ1v) is 13.5. The molecule has 34 heavy (non-hydrogen) atoms. The number of alkyl halides is 3. The first-order valence-electron chi connectivity index (χ1n) is 10.3. The minimum atomic E-state index is -4.64. The van der Waals surface area contributed by atoms with Gasteiger partial charge in [-0.05, 0) is 42.8 Å². The average Bonchev–Trinajstić information content (AvgIpc) is 2.80. The molecule has 2 unspecified atom stereocenters. The number of urea groups is 1. The molecular weight excluding hydrogens is 534 g/mol. The lowest BCUT2D eigenvalue weighted by Crippen LogP contribution is -2.59. The van der Waals surface area contributed by atoms with Gasteiger partial charge in [-0.15, -0.1) is 0 Å². The number of hydrogen-bond acceptors (Lipinski definition) is 4. The number of fused-ring (bicyclic) bond motifs is 1. The van der Waals surface area contributed by atoms with Crippen molar-refractivity contribution in [2.75, 3.05) is 30.7 Å². The van der Waals surface area contributed by atoms with Gasteiger partial charge in [-0.25, -0.2) is 13.2 Å². The second-order valence-corrected chi connectivity index (χ2v) is 12.0. The topological polar surface area (TPSA) is 69.7 Å². The number of anilines is 1. The molecule has 184 valence electrons. The molecule has 2 aromatic rings. The van der Waals surface area contributed by atoms with Crippen LogP contribution in [0.1, 0.15) is 12.0 Å². The van der Waals surface area contributed by atoms with Gasteiger partial charge < -0.3 is 10.2 Å². The first-order chi connectivity index (χ1) is 16.0. The van der Waals surface area contributed by atoms with E-state index in [1.54, 1.807) is 34.9 Å². The Morgan fingerprint density at radius 1 is 1.09 bits per heavy atom. The zero-order valence-electron chi connectivity index (χ0n) is 17.6. The third-order valence-corrected chi connectivity index (χ3v) is 9.69. The molecular formula is C21H20Cl2F3N3O3S2. The van der Waals surface area contributed by atoms with Gasteiger partial charge in [0.05, 0.1) is 20.5 Å². The largest absolute Gasteiger partial charge is 0.416 e. The molecule has 0 aromatic heterocycles. The van der Waals surface area contributed by atoms with E-state index in [4.69, 9.17) is 23.2 Å². The number of thioether (sulfide) groups is 1. The van der Waals surface area contributed by atoms with Crippen molar-refractivity contribution in [1.82, 2.24) is 9.21 Å². The molecule has 2 amide bonds. The minimum Gasteiger partial charge on any atom is -0.320 e. The van der Waals surface area contributed by atoms with Crippen molar-refractivity contribution >= 4 is 56.7 Å². The van der Waals surface area contributed by atoms with Gasteiger partial charge in [0.2, 0.25) is 10.0 Å². The summed E-state index contributed by atoms with van der Waals surface area (Å²) in [5.41, 5.74) is -0.528. The second kappa shape index (κ2) is 9.77. The van der Waals surface area contributed by atoms with Crippen molar-refractivity contribution in [2.45, 2.75) is 28.8 Å². The first kappa shape index (κ1) is 25.4. The maximum absolute atomic E-state index is 13.1. The van der Waals surface area contributed by atoms with Crippen molar-refractivity contribution in [3.8, 4) is 0 Å². The van der Waals surface area contributed by atoms with Crippen LogP contribution >= 0.6 is 35.0 Å². The van der Waals surface area contributed by atoms with Gasteiger partial charge in [-0.2, -0.15) is 29.2 Å². The number of rotatable bonds is 3. The lowest BCUT2D eigenvalue weighted by molar-refractivity contribution is -0.137. The highest BCUT2D eigenvalue weighted by Gasteiger charge is 2.42. The average molecular weight is 554 g/mol. The summed E-state index contributed by atoms with van der Waals surface area (Å²) < 4.78 is 66.6. The van der Waals surface area contributed by atoms with Crippen molar-refractivity contribution in [2.24, 2.45) is 0 Å².